The molecule has 79 valence electrons. The third-order valence-electron chi connectivity index (χ3n) is 1.28. The molecule has 0 spiro atoms. The predicted octanol–water partition coefficient (Wildman–Crippen LogP) is 1.92. The second kappa shape index (κ2) is 7.99. The molecule has 1 rings (SSSR count). The van der Waals surface area contributed by atoms with Gasteiger partial charge < -0.3 is 0 Å². The fraction of sp³-hybridized carbons (Fsp3) is 0. The van der Waals surface area contributed by atoms with Crippen molar-refractivity contribution in [3.05, 3.63) is 57.7 Å². The Morgan fingerprint density at radius 2 is 1.20 bits per heavy atom. The molecule has 7 heteroatoms. The van der Waals surface area contributed by atoms with E-state index in [1.54, 1.807) is 0 Å². The van der Waals surface area contributed by atoms with Crippen molar-refractivity contribution in [3.8, 4) is 0 Å². The molecule has 0 bridgehead atoms. The number of nitro benzene ring substituents is 2. The van der Waals surface area contributed by atoms with Crippen LogP contribution in [0.2, 0.25) is 0 Å². The van der Waals surface area contributed by atoms with Crippen LogP contribution in [0.5, 0.6) is 0 Å². The van der Waals surface area contributed by atoms with Gasteiger partial charge in [0.1, 0.15) is 0 Å². The van der Waals surface area contributed by atoms with Gasteiger partial charge in [-0.25, -0.2) is 0 Å². The summed E-state index contributed by atoms with van der Waals surface area (Å²) in [5, 5.41) is 20.5. The maximum Gasteiger partial charge on any atom is 0.346 e. The second-order valence-electron chi connectivity index (χ2n) is 2.00. The fourth-order valence-electron chi connectivity index (χ4n) is 0.773. The van der Waals surface area contributed by atoms with E-state index in [0.29, 0.717) is 0 Å². The summed E-state index contributed by atoms with van der Waals surface area (Å²) < 4.78 is 0. The summed E-state index contributed by atoms with van der Waals surface area (Å²) in [6.45, 7) is 6.00. The van der Waals surface area contributed by atoms with Crippen LogP contribution >= 0.6 is 0 Å². The van der Waals surface area contributed by atoms with Crippen molar-refractivity contribution in [1.29, 1.82) is 0 Å². The zero-order valence-electron chi connectivity index (χ0n) is 7.70. The SMILES string of the molecule is C=C.O=[N+]([O-])c1ccccc1[N+](=O)[O-].[Bi]. The maximum absolute atomic E-state index is 10.2. The van der Waals surface area contributed by atoms with Gasteiger partial charge in [0.15, 0.2) is 0 Å². The van der Waals surface area contributed by atoms with Crippen molar-refractivity contribution in [2.24, 2.45) is 0 Å². The van der Waals surface area contributed by atoms with Crippen molar-refractivity contribution in [1.82, 2.24) is 0 Å². The molecule has 1 aromatic rings. The first-order chi connectivity index (χ1) is 6.63. The second-order valence-corrected chi connectivity index (χ2v) is 2.00. The van der Waals surface area contributed by atoms with Gasteiger partial charge in [-0.05, 0) is 0 Å². The van der Waals surface area contributed by atoms with Gasteiger partial charge in [-0.1, -0.05) is 12.1 Å². The third kappa shape index (κ3) is 4.60. The first-order valence-corrected chi connectivity index (χ1v) is 3.50. The molecule has 0 heterocycles. The van der Waals surface area contributed by atoms with Crippen LogP contribution in [-0.2, 0) is 0 Å². The van der Waals surface area contributed by atoms with Gasteiger partial charge in [-0.2, -0.15) is 0 Å². The molecule has 0 saturated heterocycles. The molecular formula is C8H8BiN2O4. The molecular weight excluding hydrogens is 397 g/mol. The van der Waals surface area contributed by atoms with E-state index in [-0.39, 0.29) is 26.2 Å². The van der Waals surface area contributed by atoms with E-state index in [9.17, 15) is 20.2 Å². The zero-order chi connectivity index (χ0) is 11.1. The Balaban J connectivity index is 0. The molecule has 0 aliphatic rings. The minimum Gasteiger partial charge on any atom is -0.258 e. The molecule has 0 N–H and O–H groups in total. The van der Waals surface area contributed by atoms with Crippen molar-refractivity contribution < 1.29 is 9.85 Å². The number of benzene rings is 1. The molecule has 0 aliphatic heterocycles. The van der Waals surface area contributed by atoms with Gasteiger partial charge in [-0.3, -0.25) is 20.2 Å². The van der Waals surface area contributed by atoms with Gasteiger partial charge in [-0.15, -0.1) is 13.2 Å². The molecule has 0 aromatic heterocycles. The Morgan fingerprint density at radius 1 is 0.933 bits per heavy atom. The van der Waals surface area contributed by atoms with Gasteiger partial charge in [0.25, 0.3) is 0 Å². The number of hydrogen-bond acceptors (Lipinski definition) is 4. The molecule has 3 radical (unpaired) electrons. The summed E-state index contributed by atoms with van der Waals surface area (Å²) in [5.74, 6) is 0. The van der Waals surface area contributed by atoms with Crippen LogP contribution in [0.3, 0.4) is 0 Å². The van der Waals surface area contributed by atoms with Gasteiger partial charge in [0.05, 0.1) is 9.85 Å². The van der Waals surface area contributed by atoms with Crippen LogP contribution in [0.4, 0.5) is 11.4 Å². The van der Waals surface area contributed by atoms with Gasteiger partial charge in [0.2, 0.25) is 0 Å². The molecule has 0 unspecified atom stereocenters. The Bertz CT molecular complexity index is 323. The molecule has 0 atom stereocenters. The Kier molecular flexibility index (Phi) is 8.57. The van der Waals surface area contributed by atoms with Crippen LogP contribution in [0.15, 0.2) is 37.4 Å². The van der Waals surface area contributed by atoms with E-state index in [4.69, 9.17) is 0 Å². The number of para-hydroxylation sites is 2. The standard InChI is InChI=1S/C6H4N2O4.C2H4.Bi/c9-7(10)5-3-1-2-4-6(5)8(11)12;1-2;/h1-4H;1-2H2;. The number of hydrogen-bond donors (Lipinski definition) is 0. The van der Waals surface area contributed by atoms with Gasteiger partial charge in [0, 0.05) is 38.3 Å². The molecule has 0 fully saturated rings. The summed E-state index contributed by atoms with van der Waals surface area (Å²) in [7, 11) is 0. The van der Waals surface area contributed by atoms with Crippen LogP contribution in [0.25, 0.3) is 0 Å². The molecule has 0 aliphatic carbocycles. The summed E-state index contributed by atoms with van der Waals surface area (Å²) in [5.41, 5.74) is -0.968. The topological polar surface area (TPSA) is 86.3 Å². The molecule has 6 nitrogen and oxygen atoms in total. The van der Waals surface area contributed by atoms with Crippen molar-refractivity contribution in [2.75, 3.05) is 0 Å². The summed E-state index contributed by atoms with van der Waals surface area (Å²) in [6.07, 6.45) is 0. The average Bonchev–Trinajstić information content (AvgIpc) is 2.20. The van der Waals surface area contributed by atoms with E-state index in [0.717, 1.165) is 12.1 Å². The largest absolute Gasteiger partial charge is 0.346 e. The zero-order valence-corrected chi connectivity index (χ0v) is 11.2. The maximum atomic E-state index is 10.2. The Hall–Kier alpha value is -1.36. The van der Waals surface area contributed by atoms with E-state index in [2.05, 4.69) is 13.2 Å². The van der Waals surface area contributed by atoms with Crippen LogP contribution in [0, 0.1) is 20.2 Å². The molecule has 0 amide bonds. The number of rotatable bonds is 2. The quantitative estimate of drug-likeness (QED) is 0.326. The third-order valence-corrected chi connectivity index (χ3v) is 1.28. The summed E-state index contributed by atoms with van der Waals surface area (Å²) in [4.78, 5) is 18.9. The van der Waals surface area contributed by atoms with Gasteiger partial charge >= 0.3 is 11.4 Å². The van der Waals surface area contributed by atoms with Crippen LogP contribution in [-0.4, -0.2) is 36.1 Å². The van der Waals surface area contributed by atoms with Crippen LogP contribution in [0.1, 0.15) is 0 Å². The molecule has 1 aromatic carbocycles. The van der Waals surface area contributed by atoms with E-state index in [1.807, 2.05) is 0 Å². The predicted molar refractivity (Wildman–Crippen MR) is 56.8 cm³/mol. The summed E-state index contributed by atoms with van der Waals surface area (Å²) >= 11 is 0. The minimum atomic E-state index is -0.780. The Labute approximate surface area is 105 Å². The number of nitrogens with zero attached hydrogens (tertiary/aromatic N) is 2. The van der Waals surface area contributed by atoms with Crippen molar-refractivity contribution >= 4 is 37.6 Å². The van der Waals surface area contributed by atoms with E-state index in [1.165, 1.54) is 12.1 Å². The van der Waals surface area contributed by atoms with Crippen LogP contribution < -0.4 is 0 Å². The molecule has 0 saturated carbocycles. The van der Waals surface area contributed by atoms with E-state index < -0.39 is 21.2 Å². The minimum absolute atomic E-state index is 0. The monoisotopic (exact) mass is 405 g/mol. The van der Waals surface area contributed by atoms with Crippen molar-refractivity contribution in [2.45, 2.75) is 0 Å². The van der Waals surface area contributed by atoms with E-state index >= 15 is 0 Å². The first kappa shape index (κ1) is 16.1. The Morgan fingerprint density at radius 3 is 1.40 bits per heavy atom. The fourth-order valence-corrected chi connectivity index (χ4v) is 0.773. The normalized spacial score (nSPS) is 7.73. The first-order valence-electron chi connectivity index (χ1n) is 3.50. The smallest absolute Gasteiger partial charge is 0.258 e. The molecule has 15 heavy (non-hydrogen) atoms. The van der Waals surface area contributed by atoms with Crippen molar-refractivity contribution in [3.63, 3.8) is 0 Å². The average molecular weight is 405 g/mol. The number of nitro groups is 2. The summed E-state index contributed by atoms with van der Waals surface area (Å²) in [6, 6.07) is 4.95.